The summed E-state index contributed by atoms with van der Waals surface area (Å²) in [5, 5.41) is 9.90. The molecule has 0 saturated carbocycles. The van der Waals surface area contributed by atoms with Crippen LogP contribution >= 0.6 is 15.9 Å². The lowest BCUT2D eigenvalue weighted by molar-refractivity contribution is -0.136. The van der Waals surface area contributed by atoms with Gasteiger partial charge in [-0.1, -0.05) is 34.6 Å². The molecular formula is C12H13BrO3. The van der Waals surface area contributed by atoms with E-state index >= 15 is 0 Å². The Hall–Kier alpha value is -1.29. The van der Waals surface area contributed by atoms with E-state index in [0.29, 0.717) is 17.7 Å². The Bertz CT molecular complexity index is 370. The van der Waals surface area contributed by atoms with Crippen molar-refractivity contribution in [2.75, 3.05) is 11.9 Å². The number of ether oxygens (including phenoxy) is 1. The first-order valence-electron chi connectivity index (χ1n) is 4.86. The Labute approximate surface area is 103 Å². The molecular weight excluding hydrogens is 272 g/mol. The van der Waals surface area contributed by atoms with Gasteiger partial charge in [-0.05, 0) is 24.1 Å². The van der Waals surface area contributed by atoms with Crippen LogP contribution in [0.25, 0.3) is 5.57 Å². The largest absolute Gasteiger partial charge is 0.508 e. The molecule has 0 radical (unpaired) electrons. The molecule has 1 N–H and O–H groups in total. The Morgan fingerprint density at radius 2 is 2.00 bits per heavy atom. The number of aromatic hydroxyl groups is 1. The van der Waals surface area contributed by atoms with Crippen LogP contribution < -0.4 is 0 Å². The molecule has 0 aliphatic rings. The minimum absolute atomic E-state index is 0.157. The highest BCUT2D eigenvalue weighted by Gasteiger charge is 2.10. The van der Waals surface area contributed by atoms with E-state index in [1.54, 1.807) is 12.1 Å². The summed E-state index contributed by atoms with van der Waals surface area (Å²) in [7, 11) is 0. The van der Waals surface area contributed by atoms with Crippen molar-refractivity contribution in [3.63, 3.8) is 0 Å². The van der Waals surface area contributed by atoms with Gasteiger partial charge in [0.1, 0.15) is 5.75 Å². The summed E-state index contributed by atoms with van der Waals surface area (Å²) in [4.78, 5) is 11.5. The van der Waals surface area contributed by atoms with Crippen LogP contribution in [-0.2, 0) is 9.53 Å². The normalized spacial score (nSPS) is 9.81. The molecule has 0 unspecified atom stereocenters. The standard InChI is InChI=1S/C12H13BrO3/c1-9(12(15)16-8-2-7-13)10-3-5-11(14)6-4-10/h3-6,14H,1-2,7-8H2. The van der Waals surface area contributed by atoms with Gasteiger partial charge in [0.05, 0.1) is 12.2 Å². The average Bonchev–Trinajstić information content (AvgIpc) is 2.29. The zero-order valence-electron chi connectivity index (χ0n) is 8.78. The number of rotatable bonds is 5. The Kier molecular flexibility index (Phi) is 5.05. The van der Waals surface area contributed by atoms with Gasteiger partial charge >= 0.3 is 5.97 Å². The van der Waals surface area contributed by atoms with E-state index in [4.69, 9.17) is 9.84 Å². The second-order valence-electron chi connectivity index (χ2n) is 3.20. The van der Waals surface area contributed by atoms with E-state index < -0.39 is 5.97 Å². The quantitative estimate of drug-likeness (QED) is 0.391. The third-order valence-electron chi connectivity index (χ3n) is 1.97. The van der Waals surface area contributed by atoms with Crippen LogP contribution in [-0.4, -0.2) is 23.0 Å². The number of hydrogen-bond acceptors (Lipinski definition) is 3. The van der Waals surface area contributed by atoms with Crippen LogP contribution in [0.4, 0.5) is 0 Å². The lowest BCUT2D eigenvalue weighted by Gasteiger charge is -2.06. The molecule has 0 fully saturated rings. The van der Waals surface area contributed by atoms with Gasteiger partial charge in [0, 0.05) is 5.33 Å². The number of hydrogen-bond donors (Lipinski definition) is 1. The van der Waals surface area contributed by atoms with Crippen LogP contribution in [0.3, 0.4) is 0 Å². The summed E-state index contributed by atoms with van der Waals surface area (Å²) in [6.45, 7) is 4.04. The van der Waals surface area contributed by atoms with Crippen LogP contribution in [0.15, 0.2) is 30.8 Å². The van der Waals surface area contributed by atoms with Crippen LogP contribution in [0, 0.1) is 0 Å². The van der Waals surface area contributed by atoms with E-state index in [1.807, 2.05) is 0 Å². The molecule has 0 saturated heterocycles. The molecule has 16 heavy (non-hydrogen) atoms. The predicted molar refractivity (Wildman–Crippen MR) is 66.5 cm³/mol. The van der Waals surface area contributed by atoms with Crippen molar-refractivity contribution in [2.45, 2.75) is 6.42 Å². The van der Waals surface area contributed by atoms with E-state index in [1.165, 1.54) is 12.1 Å². The number of carbonyl (C=O) groups excluding carboxylic acids is 1. The predicted octanol–water partition coefficient (Wildman–Crippen LogP) is 2.73. The van der Waals surface area contributed by atoms with Crippen molar-refractivity contribution in [2.24, 2.45) is 0 Å². The molecule has 3 nitrogen and oxygen atoms in total. The lowest BCUT2D eigenvalue weighted by Crippen LogP contribution is -2.07. The number of esters is 1. The third-order valence-corrected chi connectivity index (χ3v) is 2.53. The van der Waals surface area contributed by atoms with Crippen molar-refractivity contribution in [1.29, 1.82) is 0 Å². The van der Waals surface area contributed by atoms with E-state index in [9.17, 15) is 4.79 Å². The molecule has 1 aromatic rings. The van der Waals surface area contributed by atoms with Gasteiger partial charge in [0.15, 0.2) is 0 Å². The molecule has 1 rings (SSSR count). The Morgan fingerprint density at radius 3 is 2.56 bits per heavy atom. The highest BCUT2D eigenvalue weighted by atomic mass is 79.9. The van der Waals surface area contributed by atoms with Gasteiger partial charge in [0.25, 0.3) is 0 Å². The van der Waals surface area contributed by atoms with Crippen molar-refractivity contribution >= 4 is 27.5 Å². The molecule has 0 bridgehead atoms. The highest BCUT2D eigenvalue weighted by Crippen LogP contribution is 2.17. The summed E-state index contributed by atoms with van der Waals surface area (Å²) >= 11 is 3.25. The highest BCUT2D eigenvalue weighted by molar-refractivity contribution is 9.09. The number of phenols is 1. The molecule has 0 spiro atoms. The molecule has 0 aliphatic carbocycles. The number of alkyl halides is 1. The lowest BCUT2D eigenvalue weighted by atomic mass is 10.1. The minimum atomic E-state index is -0.424. The van der Waals surface area contributed by atoms with Gasteiger partial charge in [-0.2, -0.15) is 0 Å². The van der Waals surface area contributed by atoms with Gasteiger partial charge in [-0.15, -0.1) is 0 Å². The summed E-state index contributed by atoms with van der Waals surface area (Å²) in [5.41, 5.74) is 0.955. The molecule has 0 amide bonds. The van der Waals surface area contributed by atoms with Gasteiger partial charge in [-0.25, -0.2) is 4.79 Å². The summed E-state index contributed by atoms with van der Waals surface area (Å²) in [5.74, 6) is -0.268. The average molecular weight is 285 g/mol. The fraction of sp³-hybridized carbons (Fsp3) is 0.250. The van der Waals surface area contributed by atoms with Crippen molar-refractivity contribution in [1.82, 2.24) is 0 Å². The molecule has 0 heterocycles. The molecule has 0 aliphatic heterocycles. The zero-order valence-corrected chi connectivity index (χ0v) is 10.4. The van der Waals surface area contributed by atoms with Crippen molar-refractivity contribution in [3.8, 4) is 5.75 Å². The smallest absolute Gasteiger partial charge is 0.338 e. The number of halogens is 1. The molecule has 1 aromatic carbocycles. The maximum absolute atomic E-state index is 11.5. The molecule has 0 aromatic heterocycles. The molecule has 0 atom stereocenters. The van der Waals surface area contributed by atoms with Gasteiger partial charge < -0.3 is 9.84 Å². The number of benzene rings is 1. The summed E-state index contributed by atoms with van der Waals surface area (Å²) in [6.07, 6.45) is 0.772. The Morgan fingerprint density at radius 1 is 1.38 bits per heavy atom. The van der Waals surface area contributed by atoms with E-state index in [-0.39, 0.29) is 5.75 Å². The monoisotopic (exact) mass is 284 g/mol. The second-order valence-corrected chi connectivity index (χ2v) is 4.00. The summed E-state index contributed by atoms with van der Waals surface area (Å²) < 4.78 is 5.00. The maximum Gasteiger partial charge on any atom is 0.338 e. The van der Waals surface area contributed by atoms with Crippen LogP contribution in [0.2, 0.25) is 0 Å². The van der Waals surface area contributed by atoms with Crippen molar-refractivity contribution < 1.29 is 14.6 Å². The first-order chi connectivity index (χ1) is 7.65. The maximum atomic E-state index is 11.5. The molecule has 4 heteroatoms. The van der Waals surface area contributed by atoms with Crippen LogP contribution in [0.1, 0.15) is 12.0 Å². The second kappa shape index (κ2) is 6.33. The fourth-order valence-electron chi connectivity index (χ4n) is 1.09. The number of carbonyl (C=O) groups is 1. The van der Waals surface area contributed by atoms with E-state index in [2.05, 4.69) is 22.5 Å². The topological polar surface area (TPSA) is 46.5 Å². The summed E-state index contributed by atoms with van der Waals surface area (Å²) in [6, 6.07) is 6.27. The minimum Gasteiger partial charge on any atom is -0.508 e. The Balaban J connectivity index is 2.57. The van der Waals surface area contributed by atoms with Crippen LogP contribution in [0.5, 0.6) is 5.75 Å². The number of phenolic OH excluding ortho intramolecular Hbond substituents is 1. The molecule has 86 valence electrons. The van der Waals surface area contributed by atoms with Gasteiger partial charge in [-0.3, -0.25) is 0 Å². The van der Waals surface area contributed by atoms with Gasteiger partial charge in [0.2, 0.25) is 0 Å². The first-order valence-corrected chi connectivity index (χ1v) is 5.98. The first kappa shape index (κ1) is 12.8. The fourth-order valence-corrected chi connectivity index (χ4v) is 1.32. The zero-order chi connectivity index (χ0) is 12.0. The van der Waals surface area contributed by atoms with E-state index in [0.717, 1.165) is 11.8 Å². The SMILES string of the molecule is C=C(C(=O)OCCCBr)c1ccc(O)cc1. The van der Waals surface area contributed by atoms with Crippen molar-refractivity contribution in [3.05, 3.63) is 36.4 Å². The third kappa shape index (κ3) is 3.70.